The first-order chi connectivity index (χ1) is 10.1. The number of alkyl halides is 3. The van der Waals surface area contributed by atoms with Crippen molar-refractivity contribution in [2.45, 2.75) is 6.68 Å². The molecule has 0 spiro atoms. The van der Waals surface area contributed by atoms with Crippen LogP contribution in [0, 0.1) is 0 Å². The molecular formula is C14H14F3N3O. The van der Waals surface area contributed by atoms with Gasteiger partial charge in [0.2, 0.25) is 0 Å². The molecule has 0 aromatic heterocycles. The number of nitrogens with one attached hydrogen (secondary N) is 3. The lowest BCUT2D eigenvalue weighted by molar-refractivity contribution is 0.00818. The fourth-order valence-corrected chi connectivity index (χ4v) is 1.34. The highest BCUT2D eigenvalue weighted by Crippen LogP contribution is 2.02. The molecule has 1 amide bonds. The third-order valence-electron chi connectivity index (χ3n) is 2.19. The molecule has 21 heavy (non-hydrogen) atoms. The summed E-state index contributed by atoms with van der Waals surface area (Å²) in [6, 6.07) is 18.5. The van der Waals surface area contributed by atoms with Gasteiger partial charge < -0.3 is 5.43 Å². The van der Waals surface area contributed by atoms with Gasteiger partial charge in [-0.1, -0.05) is 36.4 Å². The predicted octanol–water partition coefficient (Wildman–Crippen LogP) is 3.13. The molecule has 0 aliphatic heterocycles. The highest BCUT2D eigenvalue weighted by Gasteiger charge is 2.01. The van der Waals surface area contributed by atoms with Gasteiger partial charge in [0.05, 0.1) is 5.69 Å². The van der Waals surface area contributed by atoms with Gasteiger partial charge in [-0.3, -0.25) is 10.2 Å². The molecule has 0 aliphatic carbocycles. The first-order valence-electron chi connectivity index (χ1n) is 5.93. The number of hydrazine groups is 2. The largest absolute Gasteiger partial charge is 0.379 e. The average Bonchev–Trinajstić information content (AvgIpc) is 2.48. The predicted molar refractivity (Wildman–Crippen MR) is 74.2 cm³/mol. The van der Waals surface area contributed by atoms with E-state index < -0.39 is 6.68 Å². The molecule has 0 saturated carbocycles. The van der Waals surface area contributed by atoms with E-state index >= 15 is 0 Å². The van der Waals surface area contributed by atoms with Crippen LogP contribution in [0.25, 0.3) is 0 Å². The Morgan fingerprint density at radius 2 is 1.33 bits per heavy atom. The Kier molecular flexibility index (Phi) is 7.37. The molecule has 0 bridgehead atoms. The van der Waals surface area contributed by atoms with Gasteiger partial charge in [0.25, 0.3) is 5.91 Å². The van der Waals surface area contributed by atoms with Crippen LogP contribution in [0.2, 0.25) is 0 Å². The lowest BCUT2D eigenvalue weighted by Crippen LogP contribution is -2.41. The molecule has 3 N–H and O–H groups in total. The quantitative estimate of drug-likeness (QED) is 0.760. The van der Waals surface area contributed by atoms with Crippen LogP contribution in [0.1, 0.15) is 10.4 Å². The first-order valence-corrected chi connectivity index (χ1v) is 5.93. The zero-order valence-electron chi connectivity index (χ0n) is 10.9. The minimum absolute atomic E-state index is 0.186. The molecule has 0 radical (unpaired) electrons. The van der Waals surface area contributed by atoms with E-state index in [0.717, 1.165) is 5.69 Å². The Morgan fingerprint density at radius 1 is 0.857 bits per heavy atom. The molecule has 2 aromatic carbocycles. The summed E-state index contributed by atoms with van der Waals surface area (Å²) in [6.07, 6.45) is 0. The summed E-state index contributed by atoms with van der Waals surface area (Å²) in [7, 11) is 0. The van der Waals surface area contributed by atoms with Crippen LogP contribution in [-0.4, -0.2) is 12.6 Å². The van der Waals surface area contributed by atoms with Crippen molar-refractivity contribution in [2.75, 3.05) is 5.43 Å². The smallest absolute Gasteiger partial charge is 0.304 e. The van der Waals surface area contributed by atoms with Crippen molar-refractivity contribution in [2.24, 2.45) is 0 Å². The summed E-state index contributed by atoms with van der Waals surface area (Å²) in [5.74, 6) is -0.186. The SMILES string of the molecule is FC(F)F.O=C(NNNc1ccccc1)c1ccccc1. The average molecular weight is 297 g/mol. The summed E-state index contributed by atoms with van der Waals surface area (Å²) in [6.45, 7) is -3.67. The molecule has 0 saturated heterocycles. The summed E-state index contributed by atoms with van der Waals surface area (Å²) >= 11 is 0. The van der Waals surface area contributed by atoms with Crippen molar-refractivity contribution in [1.82, 2.24) is 11.0 Å². The molecule has 0 atom stereocenters. The number of hydrogen-bond acceptors (Lipinski definition) is 3. The normalized spacial score (nSPS) is 9.52. The van der Waals surface area contributed by atoms with Crippen LogP contribution in [0.15, 0.2) is 60.7 Å². The summed E-state index contributed by atoms with van der Waals surface area (Å²) < 4.78 is 29.0. The number of anilines is 1. The van der Waals surface area contributed by atoms with E-state index in [1.54, 1.807) is 12.1 Å². The number of halogens is 3. The van der Waals surface area contributed by atoms with Crippen molar-refractivity contribution in [3.05, 3.63) is 66.2 Å². The minimum atomic E-state index is -3.67. The van der Waals surface area contributed by atoms with Gasteiger partial charge in [-0.2, -0.15) is 13.2 Å². The van der Waals surface area contributed by atoms with E-state index in [4.69, 9.17) is 0 Å². The lowest BCUT2D eigenvalue weighted by Gasteiger charge is -2.09. The van der Waals surface area contributed by atoms with Gasteiger partial charge in [0, 0.05) is 5.56 Å². The zero-order valence-corrected chi connectivity index (χ0v) is 10.9. The monoisotopic (exact) mass is 297 g/mol. The number of hydrogen-bond donors (Lipinski definition) is 3. The van der Waals surface area contributed by atoms with Gasteiger partial charge in [0.15, 0.2) is 0 Å². The maximum Gasteiger partial charge on any atom is 0.379 e. The van der Waals surface area contributed by atoms with E-state index in [2.05, 4.69) is 16.4 Å². The second-order valence-corrected chi connectivity index (χ2v) is 3.68. The molecular weight excluding hydrogens is 283 g/mol. The molecule has 0 unspecified atom stereocenters. The van der Waals surface area contributed by atoms with Crippen molar-refractivity contribution in [3.8, 4) is 0 Å². The highest BCUT2D eigenvalue weighted by molar-refractivity contribution is 5.93. The Balaban J connectivity index is 0.000000491. The van der Waals surface area contributed by atoms with E-state index in [1.807, 2.05) is 48.5 Å². The summed E-state index contributed by atoms with van der Waals surface area (Å²) in [5.41, 5.74) is 9.54. The maximum atomic E-state index is 11.6. The Hall–Kier alpha value is -2.54. The first kappa shape index (κ1) is 16.5. The Morgan fingerprint density at radius 3 is 1.86 bits per heavy atom. The van der Waals surface area contributed by atoms with Gasteiger partial charge in [-0.25, -0.2) is 0 Å². The zero-order chi connectivity index (χ0) is 15.5. The number of carbonyl (C=O) groups is 1. The van der Waals surface area contributed by atoms with Crippen LogP contribution < -0.4 is 16.4 Å². The van der Waals surface area contributed by atoms with Crippen molar-refractivity contribution < 1.29 is 18.0 Å². The molecule has 4 nitrogen and oxygen atoms in total. The van der Waals surface area contributed by atoms with Gasteiger partial charge in [0.1, 0.15) is 0 Å². The number of para-hydroxylation sites is 1. The molecule has 2 aromatic rings. The molecule has 2 rings (SSSR count). The number of carbonyl (C=O) groups excluding carboxylic acids is 1. The van der Waals surface area contributed by atoms with E-state index in [0.29, 0.717) is 5.56 Å². The fraction of sp³-hybridized carbons (Fsp3) is 0.0714. The third-order valence-corrected chi connectivity index (χ3v) is 2.19. The molecule has 0 aliphatic rings. The van der Waals surface area contributed by atoms with Crippen molar-refractivity contribution >= 4 is 11.6 Å². The summed E-state index contributed by atoms with van der Waals surface area (Å²) in [4.78, 5) is 11.6. The van der Waals surface area contributed by atoms with Gasteiger partial charge in [-0.15, -0.1) is 5.53 Å². The fourth-order valence-electron chi connectivity index (χ4n) is 1.34. The third kappa shape index (κ3) is 7.58. The topological polar surface area (TPSA) is 53.2 Å². The molecule has 7 heteroatoms. The maximum absolute atomic E-state index is 11.6. The van der Waals surface area contributed by atoms with Gasteiger partial charge >= 0.3 is 6.68 Å². The molecule has 0 fully saturated rings. The second kappa shape index (κ2) is 9.38. The summed E-state index contributed by atoms with van der Waals surface area (Å²) in [5, 5.41) is 0. The van der Waals surface area contributed by atoms with Crippen molar-refractivity contribution in [3.63, 3.8) is 0 Å². The minimum Gasteiger partial charge on any atom is -0.304 e. The van der Waals surface area contributed by atoms with Gasteiger partial charge in [-0.05, 0) is 24.3 Å². The number of rotatable bonds is 4. The molecule has 0 heterocycles. The Labute approximate surface area is 119 Å². The molecule has 112 valence electrons. The van der Waals surface area contributed by atoms with E-state index in [1.165, 1.54) is 0 Å². The van der Waals surface area contributed by atoms with Crippen LogP contribution >= 0.6 is 0 Å². The van der Waals surface area contributed by atoms with Crippen molar-refractivity contribution in [1.29, 1.82) is 0 Å². The number of benzene rings is 2. The second-order valence-electron chi connectivity index (χ2n) is 3.68. The lowest BCUT2D eigenvalue weighted by atomic mass is 10.2. The van der Waals surface area contributed by atoms with Crippen LogP contribution in [0.3, 0.4) is 0 Å². The van der Waals surface area contributed by atoms with Crippen LogP contribution in [-0.2, 0) is 0 Å². The number of amides is 1. The Bertz CT molecular complexity index is 521. The highest BCUT2D eigenvalue weighted by atomic mass is 19.4. The van der Waals surface area contributed by atoms with Crippen LogP contribution in [0.5, 0.6) is 0 Å². The van der Waals surface area contributed by atoms with Crippen LogP contribution in [0.4, 0.5) is 18.9 Å². The van der Waals surface area contributed by atoms with E-state index in [-0.39, 0.29) is 5.91 Å². The van der Waals surface area contributed by atoms with E-state index in [9.17, 15) is 18.0 Å². The standard InChI is InChI=1S/C13H13N3O.CHF3/c17-13(11-7-3-1-4-8-11)15-16-14-12-9-5-2-6-10-12;2-1(3)4/h1-10,14,16H,(H,15,17);1H.